The molecule has 2 heteroatoms. The van der Waals surface area contributed by atoms with Crippen LogP contribution in [-0.4, -0.2) is 4.40 Å². The van der Waals surface area contributed by atoms with E-state index in [9.17, 15) is 0 Å². The molecular weight excluding hydrogens is 234 g/mol. The molecule has 1 aromatic carbocycles. The number of fused-ring (bicyclic) bond motifs is 3. The maximum absolute atomic E-state index is 5.89. The average Bonchev–Trinajstić information content (AvgIpc) is 2.94. The number of aryl methyl sites for hydroxylation is 1. The molecule has 0 amide bonds. The largest absolute Gasteiger partial charge is 0.444 e. The molecule has 0 aliphatic heterocycles. The SMILES string of the molecule is Cc1cc2c3cccc4c(C(C)(C)C)cn(c2o1)c43. The molecule has 0 aliphatic carbocycles. The Morgan fingerprint density at radius 3 is 2.53 bits per heavy atom. The van der Waals surface area contributed by atoms with Crippen molar-refractivity contribution in [1.82, 2.24) is 4.40 Å². The monoisotopic (exact) mass is 251 g/mol. The van der Waals surface area contributed by atoms with Crippen molar-refractivity contribution in [3.63, 3.8) is 0 Å². The van der Waals surface area contributed by atoms with Crippen molar-refractivity contribution >= 4 is 27.4 Å². The molecule has 4 aromatic rings. The smallest absolute Gasteiger partial charge is 0.212 e. The molecule has 4 rings (SSSR count). The minimum absolute atomic E-state index is 0.140. The third-order valence-corrected chi connectivity index (χ3v) is 3.98. The lowest BCUT2D eigenvalue weighted by Crippen LogP contribution is -2.10. The number of hydrogen-bond acceptors (Lipinski definition) is 1. The molecule has 0 atom stereocenters. The van der Waals surface area contributed by atoms with Crippen LogP contribution in [0.25, 0.3) is 27.4 Å². The first-order chi connectivity index (χ1) is 8.97. The van der Waals surface area contributed by atoms with Gasteiger partial charge in [0.25, 0.3) is 0 Å². The number of benzene rings is 1. The van der Waals surface area contributed by atoms with Crippen molar-refractivity contribution in [3.8, 4) is 0 Å². The lowest BCUT2D eigenvalue weighted by molar-refractivity contribution is 0.562. The number of furan rings is 1. The minimum atomic E-state index is 0.140. The molecular formula is C17H17NO. The molecule has 0 aliphatic rings. The van der Waals surface area contributed by atoms with Gasteiger partial charge in [-0.3, -0.25) is 4.40 Å². The van der Waals surface area contributed by atoms with Crippen LogP contribution in [-0.2, 0) is 5.41 Å². The highest BCUT2D eigenvalue weighted by Gasteiger charge is 2.23. The highest BCUT2D eigenvalue weighted by atomic mass is 16.3. The van der Waals surface area contributed by atoms with Gasteiger partial charge in [-0.05, 0) is 24.0 Å². The molecule has 0 bridgehead atoms. The number of nitrogens with zero attached hydrogens (tertiary/aromatic N) is 1. The maximum Gasteiger partial charge on any atom is 0.212 e. The Morgan fingerprint density at radius 1 is 1.05 bits per heavy atom. The van der Waals surface area contributed by atoms with E-state index in [4.69, 9.17) is 4.42 Å². The van der Waals surface area contributed by atoms with Gasteiger partial charge in [-0.15, -0.1) is 0 Å². The van der Waals surface area contributed by atoms with Crippen molar-refractivity contribution in [3.05, 3.63) is 41.8 Å². The third-order valence-electron chi connectivity index (χ3n) is 3.98. The van der Waals surface area contributed by atoms with Crippen LogP contribution in [0.1, 0.15) is 32.1 Å². The normalized spacial score (nSPS) is 13.3. The molecule has 0 saturated carbocycles. The predicted molar refractivity (Wildman–Crippen MR) is 79.3 cm³/mol. The summed E-state index contributed by atoms with van der Waals surface area (Å²) in [6.07, 6.45) is 2.24. The Bertz CT molecular complexity index is 902. The molecule has 2 nitrogen and oxygen atoms in total. The molecule has 3 aromatic heterocycles. The van der Waals surface area contributed by atoms with Crippen LogP contribution >= 0.6 is 0 Å². The molecule has 0 saturated heterocycles. The van der Waals surface area contributed by atoms with E-state index in [0.717, 1.165) is 11.5 Å². The van der Waals surface area contributed by atoms with Gasteiger partial charge in [-0.2, -0.15) is 0 Å². The van der Waals surface area contributed by atoms with Gasteiger partial charge in [0.1, 0.15) is 5.76 Å². The van der Waals surface area contributed by atoms with Gasteiger partial charge in [0.05, 0.1) is 5.52 Å². The Kier molecular flexibility index (Phi) is 1.80. The van der Waals surface area contributed by atoms with Crippen molar-refractivity contribution < 1.29 is 4.42 Å². The zero-order valence-electron chi connectivity index (χ0n) is 11.7. The quantitative estimate of drug-likeness (QED) is 0.435. The second kappa shape index (κ2) is 3.13. The second-order valence-corrected chi connectivity index (χ2v) is 6.44. The lowest BCUT2D eigenvalue weighted by atomic mass is 9.86. The van der Waals surface area contributed by atoms with E-state index in [2.05, 4.69) is 55.6 Å². The van der Waals surface area contributed by atoms with Gasteiger partial charge in [-0.1, -0.05) is 39.0 Å². The molecule has 96 valence electrons. The van der Waals surface area contributed by atoms with Crippen LogP contribution in [0.2, 0.25) is 0 Å². The summed E-state index contributed by atoms with van der Waals surface area (Å²) in [5.74, 6) is 0.971. The zero-order valence-corrected chi connectivity index (χ0v) is 11.7. The Labute approximate surface area is 112 Å². The highest BCUT2D eigenvalue weighted by molar-refractivity contribution is 6.14. The summed E-state index contributed by atoms with van der Waals surface area (Å²) in [5.41, 5.74) is 3.78. The van der Waals surface area contributed by atoms with Crippen molar-refractivity contribution in [2.75, 3.05) is 0 Å². The molecule has 0 unspecified atom stereocenters. The summed E-state index contributed by atoms with van der Waals surface area (Å²) in [5, 5.41) is 3.85. The summed E-state index contributed by atoms with van der Waals surface area (Å²) in [4.78, 5) is 0. The number of para-hydroxylation sites is 1. The molecule has 0 N–H and O–H groups in total. The summed E-state index contributed by atoms with van der Waals surface area (Å²) in [6.45, 7) is 8.78. The van der Waals surface area contributed by atoms with E-state index in [0.29, 0.717) is 0 Å². The fraction of sp³-hybridized carbons (Fsp3) is 0.294. The van der Waals surface area contributed by atoms with Gasteiger partial charge in [0.15, 0.2) is 0 Å². The van der Waals surface area contributed by atoms with Gasteiger partial charge in [0, 0.05) is 22.4 Å². The summed E-state index contributed by atoms with van der Waals surface area (Å²) >= 11 is 0. The van der Waals surface area contributed by atoms with Gasteiger partial charge < -0.3 is 4.42 Å². The molecule has 0 spiro atoms. The van der Waals surface area contributed by atoms with Crippen molar-refractivity contribution in [2.24, 2.45) is 0 Å². The van der Waals surface area contributed by atoms with E-state index in [1.54, 1.807) is 0 Å². The second-order valence-electron chi connectivity index (χ2n) is 6.44. The molecule has 0 fully saturated rings. The topological polar surface area (TPSA) is 17.6 Å². The Morgan fingerprint density at radius 2 is 1.79 bits per heavy atom. The van der Waals surface area contributed by atoms with Crippen LogP contribution < -0.4 is 0 Å². The number of rotatable bonds is 0. The summed E-state index contributed by atoms with van der Waals surface area (Å²) < 4.78 is 8.10. The Balaban J connectivity index is 2.30. The Hall–Kier alpha value is -1.96. The molecule has 0 radical (unpaired) electrons. The van der Waals surface area contributed by atoms with Crippen LogP contribution in [0.4, 0.5) is 0 Å². The van der Waals surface area contributed by atoms with Crippen molar-refractivity contribution in [2.45, 2.75) is 33.1 Å². The van der Waals surface area contributed by atoms with E-state index >= 15 is 0 Å². The molecule has 3 heterocycles. The van der Waals surface area contributed by atoms with E-state index in [-0.39, 0.29) is 5.41 Å². The summed E-state index contributed by atoms with van der Waals surface area (Å²) in [6, 6.07) is 8.68. The highest BCUT2D eigenvalue weighted by Crippen LogP contribution is 2.39. The third kappa shape index (κ3) is 1.26. The first-order valence-corrected chi connectivity index (χ1v) is 6.72. The van der Waals surface area contributed by atoms with Crippen LogP contribution in [0, 0.1) is 6.92 Å². The minimum Gasteiger partial charge on any atom is -0.444 e. The maximum atomic E-state index is 5.89. The lowest BCUT2D eigenvalue weighted by Gasteiger charge is -2.17. The first-order valence-electron chi connectivity index (χ1n) is 6.72. The number of aromatic nitrogens is 1. The van der Waals surface area contributed by atoms with Gasteiger partial charge in [-0.25, -0.2) is 0 Å². The van der Waals surface area contributed by atoms with Crippen LogP contribution in [0.5, 0.6) is 0 Å². The van der Waals surface area contributed by atoms with E-state index < -0.39 is 0 Å². The van der Waals surface area contributed by atoms with Gasteiger partial charge >= 0.3 is 0 Å². The average molecular weight is 251 g/mol. The van der Waals surface area contributed by atoms with Crippen molar-refractivity contribution in [1.29, 1.82) is 0 Å². The first kappa shape index (κ1) is 10.9. The summed E-state index contributed by atoms with van der Waals surface area (Å²) in [7, 11) is 0. The van der Waals surface area contributed by atoms with E-state index in [1.165, 1.54) is 27.2 Å². The van der Waals surface area contributed by atoms with E-state index in [1.807, 2.05) is 6.92 Å². The van der Waals surface area contributed by atoms with Crippen LogP contribution in [0.15, 0.2) is 34.9 Å². The number of hydrogen-bond donors (Lipinski definition) is 0. The fourth-order valence-electron chi connectivity index (χ4n) is 3.13. The van der Waals surface area contributed by atoms with Gasteiger partial charge in [0.2, 0.25) is 5.71 Å². The fourth-order valence-corrected chi connectivity index (χ4v) is 3.13. The standard InChI is InChI=1S/C17H17NO/c1-10-8-13-11-6-5-7-12-14(17(2,3)4)9-18(15(11)12)16(13)19-10/h5-9H,1-4H3. The van der Waals surface area contributed by atoms with Crippen LogP contribution in [0.3, 0.4) is 0 Å². The predicted octanol–water partition coefficient (Wildman–Crippen LogP) is 4.88. The zero-order chi connectivity index (χ0) is 13.4. The molecule has 19 heavy (non-hydrogen) atoms.